The van der Waals surface area contributed by atoms with Gasteiger partial charge in [0.25, 0.3) is 0 Å². The van der Waals surface area contributed by atoms with Crippen LogP contribution in [0.5, 0.6) is 23.0 Å². The quantitative estimate of drug-likeness (QED) is 0.765. The number of hydrogen-bond donors (Lipinski definition) is 1. The van der Waals surface area contributed by atoms with Crippen molar-refractivity contribution in [3.63, 3.8) is 0 Å². The summed E-state index contributed by atoms with van der Waals surface area (Å²) in [7, 11) is 2.99. The van der Waals surface area contributed by atoms with Gasteiger partial charge in [0, 0.05) is 5.56 Å². The largest absolute Gasteiger partial charge is 0.504 e. The lowest BCUT2D eigenvalue weighted by molar-refractivity contribution is -0.119. The van der Waals surface area contributed by atoms with Crippen LogP contribution >= 0.6 is 0 Å². The number of carbonyl (C=O) groups excluding carboxylic acids is 2. The van der Waals surface area contributed by atoms with Gasteiger partial charge in [-0.3, -0.25) is 9.59 Å². The molecule has 146 valence electrons. The molecule has 3 rings (SSSR count). The molecule has 0 saturated heterocycles. The lowest BCUT2D eigenvalue weighted by Crippen LogP contribution is -2.16. The second-order valence-electron chi connectivity index (χ2n) is 6.64. The van der Waals surface area contributed by atoms with E-state index >= 15 is 0 Å². The van der Waals surface area contributed by atoms with Gasteiger partial charge in [-0.15, -0.1) is 0 Å². The minimum Gasteiger partial charge on any atom is -0.504 e. The van der Waals surface area contributed by atoms with E-state index in [0.29, 0.717) is 28.4 Å². The molecule has 6 nitrogen and oxygen atoms in total. The molecule has 0 amide bonds. The molecule has 1 heterocycles. The second kappa shape index (κ2) is 7.76. The minimum absolute atomic E-state index is 0.00960. The Morgan fingerprint density at radius 3 is 2.39 bits per heavy atom. The lowest BCUT2D eigenvalue weighted by Gasteiger charge is -2.18. The van der Waals surface area contributed by atoms with Crippen LogP contribution in [0.15, 0.2) is 36.4 Å². The van der Waals surface area contributed by atoms with Crippen LogP contribution in [0.3, 0.4) is 0 Å². The summed E-state index contributed by atoms with van der Waals surface area (Å²) < 4.78 is 16.8. The van der Waals surface area contributed by atoms with Gasteiger partial charge in [-0.1, -0.05) is 12.1 Å². The summed E-state index contributed by atoms with van der Waals surface area (Å²) in [6.07, 6.45) is 2.56. The number of fused-ring (bicyclic) bond motifs is 1. The first kappa shape index (κ1) is 19.5. The summed E-state index contributed by atoms with van der Waals surface area (Å²) in [6, 6.07) is 8.46. The van der Waals surface area contributed by atoms with Gasteiger partial charge >= 0.3 is 0 Å². The van der Waals surface area contributed by atoms with Gasteiger partial charge in [0.15, 0.2) is 28.8 Å². The van der Waals surface area contributed by atoms with Crippen molar-refractivity contribution in [3.8, 4) is 23.0 Å². The predicted molar refractivity (Wildman–Crippen MR) is 104 cm³/mol. The summed E-state index contributed by atoms with van der Waals surface area (Å²) >= 11 is 0. The molecule has 0 aliphatic carbocycles. The first-order valence-corrected chi connectivity index (χ1v) is 8.80. The predicted octanol–water partition coefficient (Wildman–Crippen LogP) is 3.82. The number of Topliss-reactive ketones (excluding diaryl/α,β-unsaturated/α-hetero) is 1. The van der Waals surface area contributed by atoms with Crippen molar-refractivity contribution < 1.29 is 28.9 Å². The van der Waals surface area contributed by atoms with Crippen LogP contribution in [0.1, 0.15) is 42.6 Å². The van der Waals surface area contributed by atoms with Crippen LogP contribution in [0, 0.1) is 0 Å². The van der Waals surface area contributed by atoms with E-state index in [1.165, 1.54) is 40.2 Å². The maximum Gasteiger partial charge on any atom is 0.166 e. The molecule has 6 heteroatoms. The zero-order valence-corrected chi connectivity index (χ0v) is 16.2. The summed E-state index contributed by atoms with van der Waals surface area (Å²) in [4.78, 5) is 23.8. The number of phenols is 1. The molecule has 1 aliphatic rings. The molecule has 0 unspecified atom stereocenters. The zero-order chi connectivity index (χ0) is 20.4. The maximum atomic E-state index is 12.5. The van der Waals surface area contributed by atoms with Gasteiger partial charge in [0.05, 0.1) is 20.1 Å². The Morgan fingerprint density at radius 2 is 1.79 bits per heavy atom. The topological polar surface area (TPSA) is 82.1 Å². The molecule has 0 spiro atoms. The number of ether oxygens (including phenoxy) is 3. The molecule has 2 aromatic carbocycles. The number of ketones is 2. The van der Waals surface area contributed by atoms with E-state index in [1.54, 1.807) is 24.3 Å². The van der Waals surface area contributed by atoms with Crippen LogP contribution in [-0.2, 0) is 9.59 Å². The molecule has 1 N–H and O–H groups in total. The van der Waals surface area contributed by atoms with E-state index in [0.717, 1.165) is 5.56 Å². The van der Waals surface area contributed by atoms with Gasteiger partial charge < -0.3 is 19.3 Å². The van der Waals surface area contributed by atoms with Gasteiger partial charge in [-0.25, -0.2) is 0 Å². The van der Waals surface area contributed by atoms with Gasteiger partial charge in [-0.2, -0.15) is 0 Å². The molecule has 0 bridgehead atoms. The highest BCUT2D eigenvalue weighted by atomic mass is 16.5. The third kappa shape index (κ3) is 3.58. The zero-order valence-electron chi connectivity index (χ0n) is 16.2. The van der Waals surface area contributed by atoms with E-state index in [4.69, 9.17) is 14.2 Å². The first-order chi connectivity index (χ1) is 13.3. The molecular weight excluding hydrogens is 360 g/mol. The Bertz CT molecular complexity index is 960. The van der Waals surface area contributed by atoms with Gasteiger partial charge in [0.2, 0.25) is 0 Å². The van der Waals surface area contributed by atoms with E-state index in [9.17, 15) is 14.7 Å². The SMILES string of the molecule is COc1cc([C@@H]2Oc3c(OC)cc(/C=C/C(C)=O)cc3[C@H]2C(C)=O)ccc1O. The van der Waals surface area contributed by atoms with Crippen molar-refractivity contribution in [2.24, 2.45) is 0 Å². The van der Waals surface area contributed by atoms with Gasteiger partial charge in [0.1, 0.15) is 11.9 Å². The minimum atomic E-state index is -0.581. The maximum absolute atomic E-state index is 12.5. The highest BCUT2D eigenvalue weighted by Crippen LogP contribution is 2.52. The molecule has 0 radical (unpaired) electrons. The fourth-order valence-corrected chi connectivity index (χ4v) is 3.39. The summed E-state index contributed by atoms with van der Waals surface area (Å²) in [5.41, 5.74) is 2.14. The average Bonchev–Trinajstić information content (AvgIpc) is 3.05. The number of aromatic hydroxyl groups is 1. The van der Waals surface area contributed by atoms with Crippen LogP contribution in [0.4, 0.5) is 0 Å². The van der Waals surface area contributed by atoms with Crippen molar-refractivity contribution in [1.29, 1.82) is 0 Å². The number of benzene rings is 2. The molecule has 0 saturated carbocycles. The van der Waals surface area contributed by atoms with Crippen molar-refractivity contribution in [2.45, 2.75) is 25.9 Å². The van der Waals surface area contributed by atoms with Crippen LogP contribution in [0.25, 0.3) is 6.08 Å². The van der Waals surface area contributed by atoms with Crippen LogP contribution in [-0.4, -0.2) is 30.9 Å². The van der Waals surface area contributed by atoms with Crippen LogP contribution in [0.2, 0.25) is 0 Å². The molecule has 0 fully saturated rings. The number of allylic oxidation sites excluding steroid dienone is 1. The number of rotatable bonds is 6. The summed E-state index contributed by atoms with van der Waals surface area (Å²) in [5, 5.41) is 9.86. The Balaban J connectivity index is 2.11. The monoisotopic (exact) mass is 382 g/mol. The highest BCUT2D eigenvalue weighted by molar-refractivity contribution is 5.92. The van der Waals surface area contributed by atoms with E-state index in [-0.39, 0.29) is 17.3 Å². The Hall–Kier alpha value is -3.28. The number of carbonyl (C=O) groups is 2. The fraction of sp³-hybridized carbons (Fsp3) is 0.273. The lowest BCUT2D eigenvalue weighted by atomic mass is 9.87. The van der Waals surface area contributed by atoms with E-state index < -0.39 is 12.0 Å². The average molecular weight is 382 g/mol. The number of hydrogen-bond acceptors (Lipinski definition) is 6. The molecule has 2 atom stereocenters. The molecule has 1 aliphatic heterocycles. The fourth-order valence-electron chi connectivity index (χ4n) is 3.39. The second-order valence-corrected chi connectivity index (χ2v) is 6.64. The molecule has 0 aromatic heterocycles. The number of methoxy groups -OCH3 is 2. The van der Waals surface area contributed by atoms with Crippen molar-refractivity contribution in [3.05, 3.63) is 53.1 Å². The molecule has 28 heavy (non-hydrogen) atoms. The Kier molecular flexibility index (Phi) is 5.40. The van der Waals surface area contributed by atoms with E-state index in [1.807, 2.05) is 6.07 Å². The normalized spacial score (nSPS) is 17.9. The standard InChI is InChI=1S/C22H22O6/c1-12(23)5-6-14-9-16-20(13(2)24)21(28-22(16)19(10-14)27-4)15-7-8-17(25)18(11-15)26-3/h5-11,20-21,25H,1-4H3/b6-5+/t20-,21+/m1/s1. The van der Waals surface area contributed by atoms with E-state index in [2.05, 4.69) is 0 Å². The Labute approximate surface area is 163 Å². The van der Waals surface area contributed by atoms with Crippen molar-refractivity contribution >= 4 is 17.6 Å². The third-order valence-electron chi connectivity index (χ3n) is 4.69. The van der Waals surface area contributed by atoms with Gasteiger partial charge in [-0.05, 0) is 55.3 Å². The van der Waals surface area contributed by atoms with Crippen molar-refractivity contribution in [2.75, 3.05) is 14.2 Å². The molecular formula is C22H22O6. The first-order valence-electron chi connectivity index (χ1n) is 8.80. The summed E-state index contributed by atoms with van der Waals surface area (Å²) in [6.45, 7) is 2.98. The molecule has 2 aromatic rings. The third-order valence-corrected chi connectivity index (χ3v) is 4.69. The van der Waals surface area contributed by atoms with Crippen LogP contribution < -0.4 is 14.2 Å². The smallest absolute Gasteiger partial charge is 0.166 e. The highest BCUT2D eigenvalue weighted by Gasteiger charge is 2.41. The number of phenolic OH excluding ortho intramolecular Hbond substituents is 1. The summed E-state index contributed by atoms with van der Waals surface area (Å²) in [5.74, 6) is 0.606. The van der Waals surface area contributed by atoms with Crippen molar-refractivity contribution in [1.82, 2.24) is 0 Å². The Morgan fingerprint density at radius 1 is 1.07 bits per heavy atom.